The molecule has 1 fully saturated rings. The third-order valence-corrected chi connectivity index (χ3v) is 4.92. The highest BCUT2D eigenvalue weighted by molar-refractivity contribution is 5.56. The summed E-state index contributed by atoms with van der Waals surface area (Å²) in [5, 5.41) is 3.25. The van der Waals surface area contributed by atoms with Crippen LogP contribution in [0.4, 0.5) is 18.9 Å². The molecule has 3 unspecified atom stereocenters. The van der Waals surface area contributed by atoms with Crippen LogP contribution >= 0.6 is 0 Å². The lowest BCUT2D eigenvalue weighted by atomic mass is 9.83. The molecule has 23 heavy (non-hydrogen) atoms. The van der Waals surface area contributed by atoms with Crippen molar-refractivity contribution in [3.8, 4) is 0 Å². The van der Waals surface area contributed by atoms with Crippen molar-refractivity contribution in [2.24, 2.45) is 5.92 Å². The van der Waals surface area contributed by atoms with Gasteiger partial charge in [-0.05, 0) is 44.6 Å². The number of hydrogen-bond acceptors (Lipinski definition) is 3. The largest absolute Gasteiger partial charge is 0.416 e. The average molecular weight is 328 g/mol. The number of rotatable bonds is 3. The maximum absolute atomic E-state index is 13.0. The van der Waals surface area contributed by atoms with Gasteiger partial charge >= 0.3 is 6.18 Å². The van der Waals surface area contributed by atoms with Crippen molar-refractivity contribution in [1.29, 1.82) is 0 Å². The average Bonchev–Trinajstić information content (AvgIpc) is 2.53. The highest BCUT2D eigenvalue weighted by Gasteiger charge is 2.38. The number of hydrogen-bond donors (Lipinski definition) is 1. The van der Waals surface area contributed by atoms with Gasteiger partial charge in [-0.15, -0.1) is 0 Å². The van der Waals surface area contributed by atoms with Gasteiger partial charge in [0.2, 0.25) is 0 Å². The second kappa shape index (κ2) is 6.32. The molecule has 0 saturated carbocycles. The third-order valence-electron chi connectivity index (χ3n) is 4.92. The zero-order valence-electron chi connectivity index (χ0n) is 13.5. The Morgan fingerprint density at radius 3 is 2.78 bits per heavy atom. The molecule has 0 spiro atoms. The van der Waals surface area contributed by atoms with E-state index in [0.717, 1.165) is 44.2 Å². The summed E-state index contributed by atoms with van der Waals surface area (Å²) in [7, 11) is 2.04. The fourth-order valence-corrected chi connectivity index (χ4v) is 3.46. The molecule has 0 amide bonds. The van der Waals surface area contributed by atoms with Crippen molar-refractivity contribution in [1.82, 2.24) is 4.90 Å². The van der Waals surface area contributed by atoms with E-state index >= 15 is 0 Å². The molecule has 3 atom stereocenters. The van der Waals surface area contributed by atoms with E-state index in [4.69, 9.17) is 4.74 Å². The van der Waals surface area contributed by atoms with Crippen LogP contribution < -0.4 is 5.32 Å². The number of ether oxygens (including phenoxy) is 1. The quantitative estimate of drug-likeness (QED) is 0.910. The number of nitrogens with one attached hydrogen (secondary N) is 1. The Hall–Kier alpha value is -1.27. The van der Waals surface area contributed by atoms with Gasteiger partial charge in [-0.1, -0.05) is 6.92 Å². The summed E-state index contributed by atoms with van der Waals surface area (Å²) in [5.41, 5.74) is 0.818. The molecule has 1 N–H and O–H groups in total. The minimum Gasteiger partial charge on any atom is -0.384 e. The lowest BCUT2D eigenvalue weighted by Gasteiger charge is -2.42. The zero-order chi connectivity index (χ0) is 16.6. The van der Waals surface area contributed by atoms with Crippen molar-refractivity contribution >= 4 is 5.69 Å². The van der Waals surface area contributed by atoms with Gasteiger partial charge < -0.3 is 15.0 Å². The van der Waals surface area contributed by atoms with Crippen molar-refractivity contribution in [2.75, 3.05) is 32.0 Å². The summed E-state index contributed by atoms with van der Waals surface area (Å²) in [6, 6.07) is 3.92. The minimum absolute atomic E-state index is 0.0849. The van der Waals surface area contributed by atoms with Crippen LogP contribution in [0, 0.1) is 5.92 Å². The molecule has 0 aliphatic carbocycles. The highest BCUT2D eigenvalue weighted by atomic mass is 19.4. The molecule has 6 heteroatoms. The summed E-state index contributed by atoms with van der Waals surface area (Å²) >= 11 is 0. The maximum Gasteiger partial charge on any atom is 0.416 e. The van der Waals surface area contributed by atoms with Crippen LogP contribution in [0.25, 0.3) is 0 Å². The van der Waals surface area contributed by atoms with Gasteiger partial charge in [0.15, 0.2) is 0 Å². The van der Waals surface area contributed by atoms with Crippen LogP contribution in [0.3, 0.4) is 0 Å². The molecule has 2 aliphatic heterocycles. The molecule has 0 aromatic heterocycles. The van der Waals surface area contributed by atoms with Crippen molar-refractivity contribution < 1.29 is 17.9 Å². The number of nitrogens with zero attached hydrogens (tertiary/aromatic N) is 1. The molecule has 1 aromatic carbocycles. The number of fused-ring (bicyclic) bond motifs is 3. The van der Waals surface area contributed by atoms with E-state index in [-0.39, 0.29) is 18.1 Å². The second-order valence-electron chi connectivity index (χ2n) is 6.55. The fraction of sp³-hybridized carbons (Fsp3) is 0.647. The van der Waals surface area contributed by atoms with Crippen LogP contribution in [0.2, 0.25) is 0 Å². The Balaban J connectivity index is 1.84. The summed E-state index contributed by atoms with van der Waals surface area (Å²) in [6.07, 6.45) is -2.53. The topological polar surface area (TPSA) is 24.5 Å². The molecule has 0 bridgehead atoms. The van der Waals surface area contributed by atoms with Crippen LogP contribution in [-0.4, -0.2) is 37.7 Å². The van der Waals surface area contributed by atoms with Gasteiger partial charge in [-0.3, -0.25) is 0 Å². The Kier molecular flexibility index (Phi) is 4.56. The van der Waals surface area contributed by atoms with Crippen molar-refractivity contribution in [3.05, 3.63) is 29.3 Å². The van der Waals surface area contributed by atoms with Crippen molar-refractivity contribution in [2.45, 2.75) is 38.1 Å². The predicted molar refractivity (Wildman–Crippen MR) is 83.4 cm³/mol. The van der Waals surface area contributed by atoms with Crippen molar-refractivity contribution in [3.63, 3.8) is 0 Å². The number of alkyl halides is 3. The lowest BCUT2D eigenvalue weighted by molar-refractivity contribution is -0.138. The predicted octanol–water partition coefficient (Wildman–Crippen LogP) is 3.92. The van der Waals surface area contributed by atoms with E-state index in [0.29, 0.717) is 5.56 Å². The van der Waals surface area contributed by atoms with E-state index in [1.165, 1.54) is 12.1 Å². The standard InChI is InChI=1S/C17H23F3N2O/c1-3-22(2)10-13-6-4-11-9-21-15-7-5-12(17(18,19)20)8-14(15)16(11)23-13/h5,7-8,11,13,16,21H,3-4,6,9-10H2,1-2H3. The lowest BCUT2D eigenvalue weighted by Crippen LogP contribution is -2.41. The molecule has 1 saturated heterocycles. The molecule has 1 aromatic rings. The summed E-state index contributed by atoms with van der Waals surface area (Å²) in [4.78, 5) is 2.18. The molecule has 2 heterocycles. The minimum atomic E-state index is -4.32. The van der Waals surface area contributed by atoms with E-state index < -0.39 is 11.7 Å². The SMILES string of the molecule is CCN(C)CC1CCC2CNc3ccc(C(F)(F)F)cc3C2O1. The van der Waals surface area contributed by atoms with Gasteiger partial charge in [-0.25, -0.2) is 0 Å². The number of halogens is 3. The molecular formula is C17H23F3N2O. The first-order valence-electron chi connectivity index (χ1n) is 8.17. The molecular weight excluding hydrogens is 305 g/mol. The second-order valence-corrected chi connectivity index (χ2v) is 6.55. The number of benzene rings is 1. The first-order valence-corrected chi connectivity index (χ1v) is 8.17. The summed E-state index contributed by atoms with van der Waals surface area (Å²) < 4.78 is 45.2. The smallest absolute Gasteiger partial charge is 0.384 e. The Labute approximate surface area is 134 Å². The van der Waals surface area contributed by atoms with E-state index in [1.807, 2.05) is 7.05 Å². The summed E-state index contributed by atoms with van der Waals surface area (Å²) in [6.45, 7) is 4.60. The molecule has 2 aliphatic rings. The Morgan fingerprint density at radius 2 is 2.09 bits per heavy atom. The molecule has 3 rings (SSSR count). The number of likely N-dealkylation sites (N-methyl/N-ethyl adjacent to an activating group) is 1. The van der Waals surface area contributed by atoms with E-state index in [2.05, 4.69) is 17.1 Å². The van der Waals surface area contributed by atoms with Crippen LogP contribution in [0.1, 0.15) is 37.0 Å². The fourth-order valence-electron chi connectivity index (χ4n) is 3.46. The first-order chi connectivity index (χ1) is 10.9. The third kappa shape index (κ3) is 3.48. The maximum atomic E-state index is 13.0. The summed E-state index contributed by atoms with van der Waals surface area (Å²) in [5.74, 6) is 0.245. The van der Waals surface area contributed by atoms with E-state index in [1.54, 1.807) is 0 Å². The monoisotopic (exact) mass is 328 g/mol. The van der Waals surface area contributed by atoms with Crippen LogP contribution in [0.15, 0.2) is 18.2 Å². The van der Waals surface area contributed by atoms with Gasteiger partial charge in [0, 0.05) is 30.3 Å². The first kappa shape index (κ1) is 16.6. The molecule has 3 nitrogen and oxygen atoms in total. The highest BCUT2D eigenvalue weighted by Crippen LogP contribution is 2.44. The molecule has 0 radical (unpaired) electrons. The van der Waals surface area contributed by atoms with Gasteiger partial charge in [-0.2, -0.15) is 13.2 Å². The van der Waals surface area contributed by atoms with Gasteiger partial charge in [0.25, 0.3) is 0 Å². The van der Waals surface area contributed by atoms with Gasteiger partial charge in [0.1, 0.15) is 0 Å². The van der Waals surface area contributed by atoms with Gasteiger partial charge in [0.05, 0.1) is 17.8 Å². The van der Waals surface area contributed by atoms with Crippen LogP contribution in [0.5, 0.6) is 0 Å². The number of anilines is 1. The van der Waals surface area contributed by atoms with Crippen LogP contribution in [-0.2, 0) is 10.9 Å². The normalized spacial score (nSPS) is 27.3. The Morgan fingerprint density at radius 1 is 1.30 bits per heavy atom. The Bertz CT molecular complexity index is 561. The van der Waals surface area contributed by atoms with E-state index in [9.17, 15) is 13.2 Å². The molecule has 128 valence electrons. The zero-order valence-corrected chi connectivity index (χ0v) is 13.5.